The molecule has 0 unspecified atom stereocenters. The van der Waals surface area contributed by atoms with Crippen LogP contribution in [0, 0.1) is 5.82 Å². The van der Waals surface area contributed by atoms with Crippen LogP contribution in [0.4, 0.5) is 15.2 Å². The van der Waals surface area contributed by atoms with E-state index in [1.165, 1.54) is 17.4 Å². The number of hydrogen-bond acceptors (Lipinski definition) is 5. The fourth-order valence-electron chi connectivity index (χ4n) is 2.60. The van der Waals surface area contributed by atoms with Gasteiger partial charge in [-0.2, -0.15) is 0 Å². The Kier molecular flexibility index (Phi) is 6.60. The van der Waals surface area contributed by atoms with E-state index in [9.17, 15) is 9.18 Å². The third kappa shape index (κ3) is 5.07. The number of benzene rings is 2. The Morgan fingerprint density at radius 3 is 2.68 bits per heavy atom. The van der Waals surface area contributed by atoms with Crippen molar-refractivity contribution in [1.82, 2.24) is 4.98 Å². The predicted octanol–water partition coefficient (Wildman–Crippen LogP) is 5.96. The van der Waals surface area contributed by atoms with Gasteiger partial charge in [0, 0.05) is 22.7 Å². The first-order valence-corrected chi connectivity index (χ1v) is 9.93. The van der Waals surface area contributed by atoms with Gasteiger partial charge >= 0.3 is 5.97 Å². The van der Waals surface area contributed by atoms with E-state index >= 15 is 0 Å². The SMILES string of the molecule is CCCCCOc1ccc(Nc2nc(-c3ccc(C(=O)O)cc3)cs2)cc1F. The first-order valence-electron chi connectivity index (χ1n) is 9.05. The molecule has 0 aliphatic carbocycles. The number of anilines is 2. The van der Waals surface area contributed by atoms with Crippen LogP contribution < -0.4 is 10.1 Å². The highest BCUT2D eigenvalue weighted by Crippen LogP contribution is 2.29. The first kappa shape index (κ1) is 19.8. The van der Waals surface area contributed by atoms with Gasteiger partial charge in [-0.15, -0.1) is 11.3 Å². The maximum atomic E-state index is 14.2. The quantitative estimate of drug-likeness (QED) is 0.434. The topological polar surface area (TPSA) is 71.5 Å². The van der Waals surface area contributed by atoms with Gasteiger partial charge in [0.05, 0.1) is 17.9 Å². The molecule has 0 bridgehead atoms. The van der Waals surface area contributed by atoms with Gasteiger partial charge in [-0.1, -0.05) is 31.9 Å². The molecule has 5 nitrogen and oxygen atoms in total. The Balaban J connectivity index is 1.64. The number of nitrogens with zero attached hydrogens (tertiary/aromatic N) is 1. The van der Waals surface area contributed by atoms with Gasteiger partial charge in [-0.05, 0) is 30.7 Å². The molecule has 0 atom stereocenters. The summed E-state index contributed by atoms with van der Waals surface area (Å²) < 4.78 is 19.7. The number of aromatic nitrogens is 1. The Morgan fingerprint density at radius 2 is 2.00 bits per heavy atom. The smallest absolute Gasteiger partial charge is 0.335 e. The minimum Gasteiger partial charge on any atom is -0.491 e. The zero-order valence-corrected chi connectivity index (χ0v) is 16.3. The molecule has 0 amide bonds. The van der Waals surface area contributed by atoms with E-state index in [1.807, 2.05) is 5.38 Å². The van der Waals surface area contributed by atoms with Crippen molar-refractivity contribution in [3.63, 3.8) is 0 Å². The first-order chi connectivity index (χ1) is 13.6. The average molecular weight is 400 g/mol. The van der Waals surface area contributed by atoms with Crippen molar-refractivity contribution in [1.29, 1.82) is 0 Å². The summed E-state index contributed by atoms with van der Waals surface area (Å²) in [6, 6.07) is 11.3. The number of rotatable bonds is 9. The van der Waals surface area contributed by atoms with Gasteiger partial charge in [0.2, 0.25) is 0 Å². The van der Waals surface area contributed by atoms with Crippen molar-refractivity contribution >= 4 is 28.1 Å². The van der Waals surface area contributed by atoms with Crippen molar-refractivity contribution in [2.24, 2.45) is 0 Å². The summed E-state index contributed by atoms with van der Waals surface area (Å²) in [6.45, 7) is 2.62. The van der Waals surface area contributed by atoms with Gasteiger partial charge in [-0.3, -0.25) is 0 Å². The molecule has 2 aromatic carbocycles. The Bertz CT molecular complexity index is 941. The molecule has 7 heteroatoms. The van der Waals surface area contributed by atoms with E-state index in [-0.39, 0.29) is 11.3 Å². The number of thiazole rings is 1. The van der Waals surface area contributed by atoms with Crippen molar-refractivity contribution < 1.29 is 19.0 Å². The molecule has 0 aliphatic rings. The number of hydrogen-bond donors (Lipinski definition) is 2. The molecule has 1 aromatic heterocycles. The van der Waals surface area contributed by atoms with E-state index in [0.717, 1.165) is 30.5 Å². The number of unbranched alkanes of at least 4 members (excludes halogenated alkanes) is 2. The third-order valence-corrected chi connectivity index (χ3v) is 4.88. The summed E-state index contributed by atoms with van der Waals surface area (Å²) >= 11 is 1.39. The molecular weight excluding hydrogens is 379 g/mol. The average Bonchev–Trinajstić information content (AvgIpc) is 3.15. The van der Waals surface area contributed by atoms with Crippen LogP contribution in [0.15, 0.2) is 47.8 Å². The van der Waals surface area contributed by atoms with E-state index in [4.69, 9.17) is 9.84 Å². The second kappa shape index (κ2) is 9.32. The summed E-state index contributed by atoms with van der Waals surface area (Å²) in [5.41, 5.74) is 2.35. The van der Waals surface area contributed by atoms with Crippen LogP contribution >= 0.6 is 11.3 Å². The fraction of sp³-hybridized carbons (Fsp3) is 0.238. The lowest BCUT2D eigenvalue weighted by Crippen LogP contribution is -2.00. The summed E-state index contributed by atoms with van der Waals surface area (Å²) in [5, 5.41) is 14.5. The number of carboxylic acid groups (broad SMARTS) is 1. The zero-order valence-electron chi connectivity index (χ0n) is 15.4. The maximum absolute atomic E-state index is 14.2. The van der Waals surface area contributed by atoms with Crippen molar-refractivity contribution in [2.75, 3.05) is 11.9 Å². The monoisotopic (exact) mass is 400 g/mol. The highest BCUT2D eigenvalue weighted by molar-refractivity contribution is 7.14. The zero-order chi connectivity index (χ0) is 19.9. The molecule has 0 fully saturated rings. The number of halogens is 1. The Labute approximate surface area is 166 Å². The van der Waals surface area contributed by atoms with Gasteiger partial charge in [0.1, 0.15) is 0 Å². The van der Waals surface area contributed by atoms with Gasteiger partial charge in [-0.25, -0.2) is 14.2 Å². The van der Waals surface area contributed by atoms with E-state index < -0.39 is 11.8 Å². The Hall–Kier alpha value is -2.93. The molecule has 3 aromatic rings. The van der Waals surface area contributed by atoms with E-state index in [2.05, 4.69) is 17.2 Å². The standard InChI is InChI=1S/C21H21FN2O3S/c1-2-3-4-11-27-19-10-9-16(12-17(19)22)23-21-24-18(13-28-21)14-5-7-15(8-6-14)20(25)26/h5-10,12-13H,2-4,11H2,1H3,(H,23,24)(H,25,26). The minimum absolute atomic E-state index is 0.227. The number of carbonyl (C=O) groups is 1. The number of ether oxygens (including phenoxy) is 1. The largest absolute Gasteiger partial charge is 0.491 e. The van der Waals surface area contributed by atoms with Gasteiger partial charge in [0.25, 0.3) is 0 Å². The lowest BCUT2D eigenvalue weighted by molar-refractivity contribution is 0.0697. The van der Waals surface area contributed by atoms with Crippen LogP contribution in [-0.4, -0.2) is 22.7 Å². The third-order valence-electron chi connectivity index (χ3n) is 4.12. The molecular formula is C21H21FN2O3S. The highest BCUT2D eigenvalue weighted by atomic mass is 32.1. The minimum atomic E-state index is -0.966. The lowest BCUT2D eigenvalue weighted by atomic mass is 10.1. The molecule has 0 saturated heterocycles. The van der Waals surface area contributed by atoms with Crippen molar-refractivity contribution in [3.05, 3.63) is 59.2 Å². The molecule has 1 heterocycles. The molecule has 3 rings (SSSR count). The van der Waals surface area contributed by atoms with Crippen LogP contribution in [0.25, 0.3) is 11.3 Å². The molecule has 28 heavy (non-hydrogen) atoms. The molecule has 0 spiro atoms. The number of aromatic carboxylic acids is 1. The van der Waals surface area contributed by atoms with Crippen LogP contribution in [0.5, 0.6) is 5.75 Å². The summed E-state index contributed by atoms with van der Waals surface area (Å²) in [6.07, 6.45) is 3.06. The molecule has 146 valence electrons. The molecule has 0 aliphatic heterocycles. The van der Waals surface area contributed by atoms with Crippen molar-refractivity contribution in [2.45, 2.75) is 26.2 Å². The second-order valence-electron chi connectivity index (χ2n) is 6.25. The van der Waals surface area contributed by atoms with Gasteiger partial charge < -0.3 is 15.2 Å². The molecule has 2 N–H and O–H groups in total. The molecule has 0 radical (unpaired) electrons. The molecule has 0 saturated carbocycles. The highest BCUT2D eigenvalue weighted by Gasteiger charge is 2.09. The van der Waals surface area contributed by atoms with Crippen LogP contribution in [0.2, 0.25) is 0 Å². The number of carboxylic acids is 1. The van der Waals surface area contributed by atoms with Crippen LogP contribution in [0.1, 0.15) is 36.5 Å². The predicted molar refractivity (Wildman–Crippen MR) is 109 cm³/mol. The second-order valence-corrected chi connectivity index (χ2v) is 7.10. The van der Waals surface area contributed by atoms with E-state index in [1.54, 1.807) is 36.4 Å². The Morgan fingerprint density at radius 1 is 1.21 bits per heavy atom. The van der Waals surface area contributed by atoms with Crippen molar-refractivity contribution in [3.8, 4) is 17.0 Å². The van der Waals surface area contributed by atoms with Crippen LogP contribution in [-0.2, 0) is 0 Å². The summed E-state index contributed by atoms with van der Waals surface area (Å²) in [4.78, 5) is 15.4. The summed E-state index contributed by atoms with van der Waals surface area (Å²) in [7, 11) is 0. The normalized spacial score (nSPS) is 10.6. The van der Waals surface area contributed by atoms with Gasteiger partial charge in [0.15, 0.2) is 16.7 Å². The number of nitrogens with one attached hydrogen (secondary N) is 1. The maximum Gasteiger partial charge on any atom is 0.335 e. The van der Waals surface area contributed by atoms with Crippen LogP contribution in [0.3, 0.4) is 0 Å². The lowest BCUT2D eigenvalue weighted by Gasteiger charge is -2.09. The van der Waals surface area contributed by atoms with E-state index in [0.29, 0.717) is 17.4 Å². The fourth-order valence-corrected chi connectivity index (χ4v) is 3.34. The summed E-state index contributed by atoms with van der Waals surface area (Å²) in [5.74, 6) is -1.13.